The van der Waals surface area contributed by atoms with Crippen molar-refractivity contribution in [1.29, 1.82) is 0 Å². The van der Waals surface area contributed by atoms with Gasteiger partial charge in [-0.05, 0) is 23.0 Å². The molecule has 1 aromatic rings. The molecule has 0 aromatic heterocycles. The smallest absolute Gasteiger partial charge is 0.137 e. The summed E-state index contributed by atoms with van der Waals surface area (Å²) in [6.45, 7) is 7.24. The van der Waals surface area contributed by atoms with E-state index in [1.165, 1.54) is 5.56 Å². The van der Waals surface area contributed by atoms with E-state index < -0.39 is 0 Å². The third-order valence-electron chi connectivity index (χ3n) is 3.03. The molecule has 100 valence electrons. The lowest BCUT2D eigenvalue weighted by Gasteiger charge is -2.19. The number of ketones is 1. The van der Waals surface area contributed by atoms with E-state index in [-0.39, 0.29) is 11.2 Å². The zero-order chi connectivity index (χ0) is 13.6. The van der Waals surface area contributed by atoms with Gasteiger partial charge in [-0.2, -0.15) is 0 Å². The molecule has 0 N–H and O–H groups in total. The van der Waals surface area contributed by atoms with Crippen LogP contribution in [0.25, 0.3) is 0 Å². The Morgan fingerprint density at radius 3 is 2.28 bits per heavy atom. The fraction of sp³-hybridized carbons (Fsp3) is 0.562. The van der Waals surface area contributed by atoms with Gasteiger partial charge in [0.1, 0.15) is 5.78 Å². The van der Waals surface area contributed by atoms with Crippen molar-refractivity contribution >= 4 is 5.78 Å². The van der Waals surface area contributed by atoms with Crippen LogP contribution in [-0.4, -0.2) is 19.5 Å². The van der Waals surface area contributed by atoms with Crippen LogP contribution >= 0.6 is 0 Å². The van der Waals surface area contributed by atoms with E-state index in [1.807, 2.05) is 0 Å². The minimum Gasteiger partial charge on any atom is -0.385 e. The van der Waals surface area contributed by atoms with Crippen molar-refractivity contribution in [3.8, 4) is 0 Å². The van der Waals surface area contributed by atoms with E-state index >= 15 is 0 Å². The van der Waals surface area contributed by atoms with Crippen LogP contribution in [0, 0.1) is 0 Å². The lowest BCUT2D eigenvalue weighted by Crippen LogP contribution is -2.11. The molecule has 0 unspecified atom stereocenters. The van der Waals surface area contributed by atoms with Gasteiger partial charge in [0, 0.05) is 26.6 Å². The first-order chi connectivity index (χ1) is 8.43. The molecule has 0 aliphatic carbocycles. The highest BCUT2D eigenvalue weighted by Gasteiger charge is 2.13. The Morgan fingerprint density at radius 1 is 1.17 bits per heavy atom. The molecule has 0 heterocycles. The number of hydrogen-bond donors (Lipinski definition) is 0. The van der Waals surface area contributed by atoms with E-state index in [4.69, 9.17) is 4.74 Å². The summed E-state index contributed by atoms with van der Waals surface area (Å²) in [6, 6.07) is 8.37. The molecule has 2 heteroatoms. The lowest BCUT2D eigenvalue weighted by atomic mass is 9.86. The number of carbonyl (C=O) groups excluding carboxylic acids is 1. The molecule has 0 saturated carbocycles. The molecule has 0 saturated heterocycles. The zero-order valence-electron chi connectivity index (χ0n) is 12.0. The van der Waals surface area contributed by atoms with Gasteiger partial charge in [-0.1, -0.05) is 45.0 Å². The summed E-state index contributed by atoms with van der Waals surface area (Å²) in [5, 5.41) is 0. The Kier molecular flexibility index (Phi) is 5.54. The topological polar surface area (TPSA) is 26.3 Å². The molecule has 18 heavy (non-hydrogen) atoms. The third kappa shape index (κ3) is 5.01. The van der Waals surface area contributed by atoms with Gasteiger partial charge in [0.25, 0.3) is 0 Å². The van der Waals surface area contributed by atoms with Crippen LogP contribution < -0.4 is 0 Å². The van der Waals surface area contributed by atoms with Crippen LogP contribution in [-0.2, 0) is 21.4 Å². The molecule has 0 spiro atoms. The van der Waals surface area contributed by atoms with E-state index in [0.717, 1.165) is 12.0 Å². The number of methoxy groups -OCH3 is 1. The van der Waals surface area contributed by atoms with Crippen molar-refractivity contribution in [2.24, 2.45) is 0 Å². The molecular formula is C16H24O2. The Bertz CT molecular complexity index is 371. The van der Waals surface area contributed by atoms with Crippen LogP contribution in [0.15, 0.2) is 24.3 Å². The molecular weight excluding hydrogens is 224 g/mol. The van der Waals surface area contributed by atoms with Gasteiger partial charge < -0.3 is 4.74 Å². The first kappa shape index (κ1) is 14.9. The fourth-order valence-electron chi connectivity index (χ4n) is 1.85. The molecule has 0 amide bonds. The van der Waals surface area contributed by atoms with Gasteiger partial charge in [0.15, 0.2) is 0 Å². The minimum absolute atomic E-state index is 0.168. The van der Waals surface area contributed by atoms with Gasteiger partial charge in [-0.15, -0.1) is 0 Å². The Morgan fingerprint density at radius 2 is 1.78 bits per heavy atom. The van der Waals surface area contributed by atoms with E-state index in [0.29, 0.717) is 19.4 Å². The highest BCUT2D eigenvalue weighted by molar-refractivity contribution is 5.80. The summed E-state index contributed by atoms with van der Waals surface area (Å²) in [7, 11) is 1.66. The Hall–Kier alpha value is -1.15. The quantitative estimate of drug-likeness (QED) is 0.720. The molecule has 0 atom stereocenters. The molecule has 1 aromatic carbocycles. The van der Waals surface area contributed by atoms with Gasteiger partial charge in [0.05, 0.1) is 0 Å². The Balaban J connectivity index is 2.51. The second kappa shape index (κ2) is 6.69. The zero-order valence-corrected chi connectivity index (χ0v) is 12.0. The van der Waals surface area contributed by atoms with Crippen LogP contribution in [0.1, 0.15) is 44.7 Å². The maximum Gasteiger partial charge on any atom is 0.137 e. The monoisotopic (exact) mass is 248 g/mol. The van der Waals surface area contributed by atoms with E-state index in [1.54, 1.807) is 7.11 Å². The van der Waals surface area contributed by atoms with Crippen LogP contribution in [0.3, 0.4) is 0 Å². The molecule has 0 aliphatic heterocycles. The maximum absolute atomic E-state index is 11.7. The number of rotatable bonds is 6. The second-order valence-corrected chi connectivity index (χ2v) is 5.76. The van der Waals surface area contributed by atoms with Crippen LogP contribution in [0.2, 0.25) is 0 Å². The first-order valence-electron chi connectivity index (χ1n) is 6.53. The van der Waals surface area contributed by atoms with E-state index in [9.17, 15) is 4.79 Å². The van der Waals surface area contributed by atoms with Gasteiger partial charge >= 0.3 is 0 Å². The SMILES string of the molecule is COCCCC(=O)Cc1ccc(C(C)(C)C)cc1. The predicted octanol–water partition coefficient (Wildman–Crippen LogP) is 3.52. The van der Waals surface area contributed by atoms with Gasteiger partial charge in [-0.3, -0.25) is 4.79 Å². The first-order valence-corrected chi connectivity index (χ1v) is 6.53. The number of ether oxygens (including phenoxy) is 1. The minimum atomic E-state index is 0.168. The Labute approximate surface area is 110 Å². The normalized spacial score (nSPS) is 11.6. The second-order valence-electron chi connectivity index (χ2n) is 5.76. The third-order valence-corrected chi connectivity index (χ3v) is 3.03. The van der Waals surface area contributed by atoms with Crippen molar-refractivity contribution in [3.63, 3.8) is 0 Å². The molecule has 0 bridgehead atoms. The lowest BCUT2D eigenvalue weighted by molar-refractivity contribution is -0.118. The van der Waals surface area contributed by atoms with Crippen molar-refractivity contribution in [1.82, 2.24) is 0 Å². The van der Waals surface area contributed by atoms with Crippen LogP contribution in [0.5, 0.6) is 0 Å². The van der Waals surface area contributed by atoms with Crippen molar-refractivity contribution in [2.75, 3.05) is 13.7 Å². The number of hydrogen-bond acceptors (Lipinski definition) is 2. The summed E-state index contributed by atoms with van der Waals surface area (Å²) in [4.78, 5) is 11.7. The predicted molar refractivity (Wildman–Crippen MR) is 75.0 cm³/mol. The number of benzene rings is 1. The molecule has 0 fully saturated rings. The summed E-state index contributed by atoms with van der Waals surface area (Å²) in [5.41, 5.74) is 2.57. The summed E-state index contributed by atoms with van der Waals surface area (Å²) >= 11 is 0. The molecule has 1 rings (SSSR count). The van der Waals surface area contributed by atoms with Crippen molar-refractivity contribution in [2.45, 2.75) is 45.4 Å². The largest absolute Gasteiger partial charge is 0.385 e. The summed E-state index contributed by atoms with van der Waals surface area (Å²) < 4.78 is 4.94. The van der Waals surface area contributed by atoms with Crippen molar-refractivity contribution in [3.05, 3.63) is 35.4 Å². The maximum atomic E-state index is 11.7. The van der Waals surface area contributed by atoms with Gasteiger partial charge in [0.2, 0.25) is 0 Å². The molecule has 0 radical (unpaired) electrons. The summed E-state index contributed by atoms with van der Waals surface area (Å²) in [6.07, 6.45) is 1.96. The highest BCUT2D eigenvalue weighted by Crippen LogP contribution is 2.22. The van der Waals surface area contributed by atoms with Crippen LogP contribution in [0.4, 0.5) is 0 Å². The number of Topliss-reactive ketones (excluding diaryl/α,β-unsaturated/α-hetero) is 1. The van der Waals surface area contributed by atoms with Gasteiger partial charge in [-0.25, -0.2) is 0 Å². The average molecular weight is 248 g/mol. The summed E-state index contributed by atoms with van der Waals surface area (Å²) in [5.74, 6) is 0.288. The van der Waals surface area contributed by atoms with Crippen molar-refractivity contribution < 1.29 is 9.53 Å². The highest BCUT2D eigenvalue weighted by atomic mass is 16.5. The fourth-order valence-corrected chi connectivity index (χ4v) is 1.85. The molecule has 0 aliphatic rings. The average Bonchev–Trinajstić information content (AvgIpc) is 2.29. The van der Waals surface area contributed by atoms with E-state index in [2.05, 4.69) is 45.0 Å². The number of carbonyl (C=O) groups is 1. The molecule has 2 nitrogen and oxygen atoms in total. The standard InChI is InChI=1S/C16H24O2/c1-16(2,3)14-9-7-13(8-10-14)12-15(17)6-5-11-18-4/h7-10H,5-6,11-12H2,1-4H3.